The number of piperidine rings is 1. The van der Waals surface area contributed by atoms with Gasteiger partial charge in [0.05, 0.1) is 11.8 Å². The summed E-state index contributed by atoms with van der Waals surface area (Å²) in [5, 5.41) is 15.1. The van der Waals surface area contributed by atoms with Crippen LogP contribution in [0, 0.1) is 6.92 Å². The first kappa shape index (κ1) is 21.9. The minimum absolute atomic E-state index is 0.301. The van der Waals surface area contributed by atoms with Gasteiger partial charge >= 0.3 is 0 Å². The average Bonchev–Trinajstić information content (AvgIpc) is 3.16. The second-order valence-corrected chi connectivity index (χ2v) is 9.23. The van der Waals surface area contributed by atoms with Crippen molar-refractivity contribution >= 4 is 34.2 Å². The molecule has 1 aliphatic rings. The lowest BCUT2D eigenvalue weighted by Crippen LogP contribution is -2.39. The summed E-state index contributed by atoms with van der Waals surface area (Å²) in [6.45, 7) is 5.56. The van der Waals surface area contributed by atoms with E-state index in [4.69, 9.17) is 16.6 Å². The molecule has 2 N–H and O–H groups in total. The topological polar surface area (TPSA) is 87.1 Å². The van der Waals surface area contributed by atoms with Gasteiger partial charge in [-0.2, -0.15) is 4.37 Å². The number of anilines is 2. The maximum atomic E-state index is 9.86. The Morgan fingerprint density at radius 3 is 2.52 bits per heavy atom. The third-order valence-corrected chi connectivity index (χ3v) is 6.37. The van der Waals surface area contributed by atoms with Crippen LogP contribution in [0.1, 0.15) is 42.5 Å². The number of hydrogen-bond donors (Lipinski definition) is 2. The Labute approximate surface area is 191 Å². The molecule has 1 fully saturated rings. The number of aliphatic hydroxyl groups is 1. The van der Waals surface area contributed by atoms with Crippen molar-refractivity contribution in [1.82, 2.24) is 19.3 Å². The van der Waals surface area contributed by atoms with Crippen LogP contribution in [0.4, 0.5) is 11.1 Å². The number of aliphatic hydroxyl groups excluding tert-OH is 1. The van der Waals surface area contributed by atoms with Gasteiger partial charge in [-0.1, -0.05) is 23.7 Å². The maximum absolute atomic E-state index is 9.86. The highest BCUT2D eigenvalue weighted by Gasteiger charge is 2.22. The molecule has 1 unspecified atom stereocenters. The number of aromatic nitrogens is 4. The van der Waals surface area contributed by atoms with E-state index in [1.807, 2.05) is 37.3 Å². The molecule has 7 nitrogen and oxygen atoms in total. The van der Waals surface area contributed by atoms with Gasteiger partial charge in [-0.25, -0.2) is 15.0 Å². The van der Waals surface area contributed by atoms with Gasteiger partial charge in [0.15, 0.2) is 0 Å². The van der Waals surface area contributed by atoms with Crippen LogP contribution in [0.2, 0.25) is 5.02 Å². The molecule has 0 aliphatic carbocycles. The van der Waals surface area contributed by atoms with Crippen LogP contribution in [-0.4, -0.2) is 49.7 Å². The molecule has 3 heterocycles. The molecule has 0 amide bonds. The van der Waals surface area contributed by atoms with Crippen LogP contribution >= 0.6 is 23.1 Å². The van der Waals surface area contributed by atoms with Crippen molar-refractivity contribution in [2.24, 2.45) is 0 Å². The highest BCUT2D eigenvalue weighted by atomic mass is 35.5. The number of rotatable bonds is 7. The quantitative estimate of drug-likeness (QED) is 0.555. The summed E-state index contributed by atoms with van der Waals surface area (Å²) < 4.78 is 4.29. The number of nitrogens with zero attached hydrogens (tertiary/aromatic N) is 5. The normalized spacial score (nSPS) is 15.8. The van der Waals surface area contributed by atoms with E-state index >= 15 is 0 Å². The van der Waals surface area contributed by atoms with Crippen LogP contribution in [-0.2, 0) is 12.8 Å². The van der Waals surface area contributed by atoms with Crippen LogP contribution in [0.3, 0.4) is 0 Å². The fraction of sp³-hybridized carbons (Fsp3) is 0.455. The van der Waals surface area contributed by atoms with Crippen molar-refractivity contribution in [3.05, 3.63) is 58.1 Å². The van der Waals surface area contributed by atoms with Gasteiger partial charge in [0.1, 0.15) is 5.82 Å². The molecule has 0 bridgehead atoms. The number of benzene rings is 1. The fourth-order valence-corrected chi connectivity index (χ4v) is 4.59. The first-order valence-corrected chi connectivity index (χ1v) is 11.7. The van der Waals surface area contributed by atoms with Gasteiger partial charge in [-0.3, -0.25) is 0 Å². The lowest BCUT2D eigenvalue weighted by atomic mass is 10.1. The molecule has 3 aromatic rings. The minimum atomic E-state index is -0.454. The van der Waals surface area contributed by atoms with E-state index in [1.54, 1.807) is 6.92 Å². The van der Waals surface area contributed by atoms with Gasteiger partial charge in [-0.05, 0) is 50.5 Å². The summed E-state index contributed by atoms with van der Waals surface area (Å²) in [4.78, 5) is 16.2. The number of nitrogens with one attached hydrogen (secondary N) is 1. The van der Waals surface area contributed by atoms with Gasteiger partial charge in [0.25, 0.3) is 0 Å². The summed E-state index contributed by atoms with van der Waals surface area (Å²) in [5.41, 5.74) is 2.91. The molecular weight excluding hydrogens is 432 g/mol. The van der Waals surface area contributed by atoms with Gasteiger partial charge in [0, 0.05) is 54.2 Å². The summed E-state index contributed by atoms with van der Waals surface area (Å²) in [6.07, 6.45) is 2.70. The number of hydrogen-bond acceptors (Lipinski definition) is 8. The summed E-state index contributed by atoms with van der Waals surface area (Å²) in [5.74, 6) is 1.46. The van der Waals surface area contributed by atoms with E-state index in [0.29, 0.717) is 24.8 Å². The van der Waals surface area contributed by atoms with Gasteiger partial charge in [0.2, 0.25) is 11.1 Å². The fourth-order valence-electron chi connectivity index (χ4n) is 3.74. The molecule has 0 spiro atoms. The van der Waals surface area contributed by atoms with E-state index in [9.17, 15) is 5.11 Å². The van der Waals surface area contributed by atoms with Crippen molar-refractivity contribution in [2.45, 2.75) is 51.7 Å². The Morgan fingerprint density at radius 2 is 1.87 bits per heavy atom. The first-order valence-electron chi connectivity index (χ1n) is 10.6. The van der Waals surface area contributed by atoms with Crippen LogP contribution < -0.4 is 10.2 Å². The molecule has 2 aromatic heterocycles. The molecule has 4 rings (SSSR count). The second kappa shape index (κ2) is 9.89. The highest BCUT2D eigenvalue weighted by molar-refractivity contribution is 7.09. The maximum Gasteiger partial charge on any atom is 0.223 e. The van der Waals surface area contributed by atoms with Crippen LogP contribution in [0.15, 0.2) is 30.3 Å². The summed E-state index contributed by atoms with van der Waals surface area (Å²) in [6, 6.07) is 10.1. The van der Waals surface area contributed by atoms with Crippen LogP contribution in [0.25, 0.3) is 0 Å². The van der Waals surface area contributed by atoms with Crippen molar-refractivity contribution in [1.29, 1.82) is 0 Å². The standard InChI is InChI=1S/C22H27ClN6OS/c1-14(30)11-19-13-20(12-16-3-5-17(23)6-4-16)27-21(26-19)25-18-7-9-29(10-8-18)22-24-15(2)28-31-22/h3-6,13-14,18,30H,7-12H2,1-2H3,(H,25,26,27). The van der Waals surface area contributed by atoms with E-state index in [1.165, 1.54) is 11.5 Å². The molecule has 1 aromatic carbocycles. The zero-order chi connectivity index (χ0) is 21.8. The zero-order valence-electron chi connectivity index (χ0n) is 17.8. The van der Waals surface area contributed by atoms with Crippen molar-refractivity contribution in [2.75, 3.05) is 23.3 Å². The average molecular weight is 459 g/mol. The third-order valence-electron chi connectivity index (χ3n) is 5.25. The predicted molar refractivity (Wildman–Crippen MR) is 125 cm³/mol. The SMILES string of the molecule is Cc1nsc(N2CCC(Nc3nc(Cc4ccc(Cl)cc4)cc(CC(C)O)n3)CC2)n1. The molecule has 1 saturated heterocycles. The zero-order valence-corrected chi connectivity index (χ0v) is 19.3. The first-order chi connectivity index (χ1) is 14.9. The van der Waals surface area contributed by atoms with E-state index < -0.39 is 6.10 Å². The number of halogens is 1. The van der Waals surface area contributed by atoms with E-state index in [-0.39, 0.29) is 0 Å². The lowest BCUT2D eigenvalue weighted by Gasteiger charge is -2.32. The Bertz CT molecular complexity index is 1000. The molecule has 9 heteroatoms. The highest BCUT2D eigenvalue weighted by Crippen LogP contribution is 2.23. The predicted octanol–water partition coefficient (Wildman–Crippen LogP) is 3.88. The second-order valence-electron chi connectivity index (χ2n) is 8.06. The smallest absolute Gasteiger partial charge is 0.223 e. The van der Waals surface area contributed by atoms with Gasteiger partial charge in [-0.15, -0.1) is 0 Å². The van der Waals surface area contributed by atoms with Crippen molar-refractivity contribution in [3.63, 3.8) is 0 Å². The molecule has 1 atom stereocenters. The largest absolute Gasteiger partial charge is 0.393 e. The summed E-state index contributed by atoms with van der Waals surface area (Å²) in [7, 11) is 0. The van der Waals surface area contributed by atoms with Crippen LogP contribution in [0.5, 0.6) is 0 Å². The molecule has 1 aliphatic heterocycles. The van der Waals surface area contributed by atoms with Crippen molar-refractivity contribution in [3.8, 4) is 0 Å². The van der Waals surface area contributed by atoms with E-state index in [0.717, 1.165) is 58.9 Å². The minimum Gasteiger partial charge on any atom is -0.393 e. The Kier molecular flexibility index (Phi) is 6.99. The lowest BCUT2D eigenvalue weighted by molar-refractivity contribution is 0.194. The molecule has 0 saturated carbocycles. The summed E-state index contributed by atoms with van der Waals surface area (Å²) >= 11 is 7.47. The molecular formula is C22H27ClN6OS. The van der Waals surface area contributed by atoms with Gasteiger partial charge < -0.3 is 15.3 Å². The molecule has 164 valence electrons. The third kappa shape index (κ3) is 6.12. The Balaban J connectivity index is 1.44. The van der Waals surface area contributed by atoms with E-state index in [2.05, 4.69) is 24.6 Å². The monoisotopic (exact) mass is 458 g/mol. The number of aryl methyl sites for hydroxylation is 1. The Hall–Kier alpha value is -2.29. The van der Waals surface area contributed by atoms with Crippen molar-refractivity contribution < 1.29 is 5.11 Å². The molecule has 31 heavy (non-hydrogen) atoms. The Morgan fingerprint density at radius 1 is 1.16 bits per heavy atom. The molecule has 0 radical (unpaired) electrons.